The molecule has 2 aliphatic rings. The Morgan fingerprint density at radius 2 is 1.56 bits per heavy atom. The van der Waals surface area contributed by atoms with Crippen LogP contribution in [-0.2, 0) is 40.1 Å². The second-order valence-corrected chi connectivity index (χ2v) is 11.7. The van der Waals surface area contributed by atoms with Gasteiger partial charge in [0, 0.05) is 48.5 Å². The molecule has 12 nitrogen and oxygen atoms in total. The molecule has 2 saturated carbocycles. The van der Waals surface area contributed by atoms with Gasteiger partial charge in [0.2, 0.25) is 26.8 Å². The minimum Gasteiger partial charge on any atom is -0.326 e. The van der Waals surface area contributed by atoms with Gasteiger partial charge in [0.15, 0.2) is 11.2 Å². The monoisotopic (exact) mass is 548 g/mol. The average Bonchev–Trinajstić information content (AvgIpc) is 3.80. The molecule has 5 rings (SSSR count). The van der Waals surface area contributed by atoms with Gasteiger partial charge in [-0.25, -0.2) is 13.2 Å². The number of carbonyl (C=O) groups is 2. The lowest BCUT2D eigenvalue weighted by Crippen LogP contribution is -2.38. The van der Waals surface area contributed by atoms with E-state index >= 15 is 0 Å². The molecule has 2 aliphatic carbocycles. The maximum absolute atomic E-state index is 12.9. The van der Waals surface area contributed by atoms with Gasteiger partial charge in [-0.1, -0.05) is 11.8 Å². The molecule has 2 amide bonds. The minimum atomic E-state index is -3.99. The summed E-state index contributed by atoms with van der Waals surface area (Å²) in [5.74, 6) is 5.55. The average molecular weight is 548 g/mol. The quantitative estimate of drug-likeness (QED) is 0.313. The molecule has 1 aromatic carbocycles. The number of sulfone groups is 1. The minimum absolute atomic E-state index is 0.0189. The zero-order valence-electron chi connectivity index (χ0n) is 21.4. The number of imidazole rings is 1. The van der Waals surface area contributed by atoms with E-state index in [-0.39, 0.29) is 41.4 Å². The summed E-state index contributed by atoms with van der Waals surface area (Å²) < 4.78 is 27.9. The highest BCUT2D eigenvalue weighted by Crippen LogP contribution is 2.32. The highest BCUT2D eigenvalue weighted by Gasteiger charge is 2.31. The van der Waals surface area contributed by atoms with Crippen LogP contribution in [0.3, 0.4) is 0 Å². The number of benzene rings is 1. The van der Waals surface area contributed by atoms with E-state index in [1.165, 1.54) is 14.1 Å². The Balaban J connectivity index is 1.52. The number of aromatic nitrogens is 4. The van der Waals surface area contributed by atoms with E-state index in [0.29, 0.717) is 16.9 Å². The molecule has 2 fully saturated rings. The van der Waals surface area contributed by atoms with Gasteiger partial charge in [-0.05, 0) is 43.9 Å². The molecular formula is C25H25BN6O6S. The first-order valence-electron chi connectivity index (χ1n) is 12.3. The van der Waals surface area contributed by atoms with Crippen molar-refractivity contribution in [1.82, 2.24) is 18.7 Å². The van der Waals surface area contributed by atoms with Crippen LogP contribution in [0.2, 0.25) is 0 Å². The molecule has 0 bridgehead atoms. The van der Waals surface area contributed by atoms with Crippen molar-refractivity contribution in [3.8, 4) is 11.8 Å². The molecule has 0 atom stereocenters. The standard InChI is InChI=1S/C25H25BN6O6S/c1-30-19-20(29-24(30)39(37,38)13-26)32(25(36)31(2)23(19)35)9-3-4-14-10-17(27-21(33)15-5-6-15)12-18(11-14)28-22(34)16-7-8-16/h10-12,15-16H,5-9,13H2,1-2H3,(H,27,33)(H,28,34). The summed E-state index contributed by atoms with van der Waals surface area (Å²) in [6, 6.07) is 4.98. The number of fused-ring (bicyclic) bond motifs is 1. The fourth-order valence-electron chi connectivity index (χ4n) is 4.15. The van der Waals surface area contributed by atoms with Crippen molar-refractivity contribution in [2.45, 2.75) is 37.4 Å². The summed E-state index contributed by atoms with van der Waals surface area (Å²) >= 11 is 0. The van der Waals surface area contributed by atoms with Crippen molar-refractivity contribution in [3.05, 3.63) is 44.6 Å². The molecule has 2 heterocycles. The number of hydrogen-bond donors (Lipinski definition) is 2. The summed E-state index contributed by atoms with van der Waals surface area (Å²) in [4.78, 5) is 54.4. The van der Waals surface area contributed by atoms with E-state index in [0.717, 1.165) is 39.4 Å². The first kappa shape index (κ1) is 26.5. The molecule has 14 heteroatoms. The van der Waals surface area contributed by atoms with E-state index < -0.39 is 31.9 Å². The number of hydrogen-bond acceptors (Lipinski definition) is 7. The van der Waals surface area contributed by atoms with Gasteiger partial charge in [0.1, 0.15) is 0 Å². The van der Waals surface area contributed by atoms with Gasteiger partial charge in [-0.3, -0.25) is 23.5 Å². The van der Waals surface area contributed by atoms with Crippen LogP contribution in [0.15, 0.2) is 32.9 Å². The second-order valence-electron chi connectivity index (χ2n) is 9.77. The van der Waals surface area contributed by atoms with Crippen LogP contribution in [0, 0.1) is 23.7 Å². The van der Waals surface area contributed by atoms with Crippen LogP contribution in [0.1, 0.15) is 31.2 Å². The van der Waals surface area contributed by atoms with Crippen molar-refractivity contribution in [3.63, 3.8) is 0 Å². The molecule has 2 N–H and O–H groups in total. The Labute approximate surface area is 224 Å². The lowest BCUT2D eigenvalue weighted by atomic mass is 10.1. The Morgan fingerprint density at radius 1 is 1.00 bits per heavy atom. The third kappa shape index (κ3) is 5.27. The summed E-state index contributed by atoms with van der Waals surface area (Å²) in [6.45, 7) is -0.217. The van der Waals surface area contributed by atoms with E-state index in [1.54, 1.807) is 18.2 Å². The van der Waals surface area contributed by atoms with Crippen LogP contribution < -0.4 is 21.9 Å². The largest absolute Gasteiger partial charge is 0.333 e. The van der Waals surface area contributed by atoms with Crippen molar-refractivity contribution in [2.75, 3.05) is 16.3 Å². The van der Waals surface area contributed by atoms with E-state index in [1.807, 2.05) is 0 Å². The summed E-state index contributed by atoms with van der Waals surface area (Å²) in [6.07, 6.45) is 3.34. The lowest BCUT2D eigenvalue weighted by molar-refractivity contribution is -0.118. The molecule has 0 unspecified atom stereocenters. The Morgan fingerprint density at radius 3 is 2.08 bits per heavy atom. The van der Waals surface area contributed by atoms with Crippen molar-refractivity contribution < 1.29 is 18.0 Å². The summed E-state index contributed by atoms with van der Waals surface area (Å²) in [7, 11) is 4.02. The van der Waals surface area contributed by atoms with Gasteiger partial charge < -0.3 is 15.2 Å². The first-order chi connectivity index (χ1) is 18.5. The van der Waals surface area contributed by atoms with Crippen LogP contribution in [0.4, 0.5) is 11.4 Å². The fourth-order valence-corrected chi connectivity index (χ4v) is 5.03. The van der Waals surface area contributed by atoms with Gasteiger partial charge in [0.05, 0.1) is 14.4 Å². The number of carbonyl (C=O) groups excluding carboxylic acids is 2. The number of rotatable bonds is 7. The van der Waals surface area contributed by atoms with Crippen LogP contribution in [0.5, 0.6) is 0 Å². The van der Waals surface area contributed by atoms with Crippen LogP contribution in [0.25, 0.3) is 11.2 Å². The maximum Gasteiger partial charge on any atom is 0.333 e. The number of nitrogens with one attached hydrogen (secondary N) is 2. The second kappa shape index (κ2) is 9.89. The van der Waals surface area contributed by atoms with Crippen molar-refractivity contribution in [1.29, 1.82) is 0 Å². The number of anilines is 2. The number of aryl methyl sites for hydroxylation is 1. The number of nitrogens with zero attached hydrogens (tertiary/aromatic N) is 4. The summed E-state index contributed by atoms with van der Waals surface area (Å²) in [5.41, 5.74) is -0.934. The third-order valence-corrected chi connectivity index (χ3v) is 8.01. The normalized spacial score (nSPS) is 15.0. The third-order valence-electron chi connectivity index (χ3n) is 6.65. The zero-order chi connectivity index (χ0) is 28.1. The van der Waals surface area contributed by atoms with Gasteiger partial charge in [0.25, 0.3) is 5.56 Å². The van der Waals surface area contributed by atoms with E-state index in [2.05, 4.69) is 27.5 Å². The SMILES string of the molecule is [B]CS(=O)(=O)c1nc2c(c(=O)n(C)c(=O)n2CC#Cc2cc(NC(=O)C3CC3)cc(NC(=O)C3CC3)c2)n1C. The molecule has 200 valence electrons. The highest BCUT2D eigenvalue weighted by molar-refractivity contribution is 7.92. The maximum atomic E-state index is 12.9. The van der Waals surface area contributed by atoms with Crippen LogP contribution >= 0.6 is 0 Å². The van der Waals surface area contributed by atoms with Crippen LogP contribution in [-0.4, -0.2) is 52.4 Å². The molecule has 2 radical (unpaired) electrons. The molecule has 0 spiro atoms. The Bertz CT molecular complexity index is 1780. The molecule has 0 aliphatic heterocycles. The predicted octanol–water partition coefficient (Wildman–Crippen LogP) is 0.0821. The first-order valence-corrected chi connectivity index (χ1v) is 14.0. The van der Waals surface area contributed by atoms with E-state index in [4.69, 9.17) is 7.85 Å². The van der Waals surface area contributed by atoms with Gasteiger partial charge in [-0.15, -0.1) is 0 Å². The Kier molecular flexibility index (Phi) is 6.71. The molecule has 2 aromatic heterocycles. The molecule has 39 heavy (non-hydrogen) atoms. The summed E-state index contributed by atoms with van der Waals surface area (Å²) in [5, 5.41) is 5.28. The molecular weight excluding hydrogens is 523 g/mol. The zero-order valence-corrected chi connectivity index (χ0v) is 22.2. The van der Waals surface area contributed by atoms with Crippen molar-refractivity contribution >= 4 is 52.0 Å². The lowest BCUT2D eigenvalue weighted by Gasteiger charge is -2.10. The predicted molar refractivity (Wildman–Crippen MR) is 144 cm³/mol. The number of amides is 2. The fraction of sp³-hybridized carbons (Fsp3) is 0.400. The molecule has 3 aromatic rings. The van der Waals surface area contributed by atoms with Gasteiger partial charge in [-0.2, -0.15) is 4.98 Å². The van der Waals surface area contributed by atoms with Crippen molar-refractivity contribution in [2.24, 2.45) is 25.9 Å². The van der Waals surface area contributed by atoms with Gasteiger partial charge >= 0.3 is 5.69 Å². The highest BCUT2D eigenvalue weighted by atomic mass is 32.2. The van der Waals surface area contributed by atoms with E-state index in [9.17, 15) is 27.6 Å². The Hall–Kier alpha value is -4.12. The molecule has 0 saturated heterocycles. The topological polar surface area (TPSA) is 154 Å². The smallest absolute Gasteiger partial charge is 0.326 e.